The Balaban J connectivity index is 1.58. The Kier molecular flexibility index (Phi) is 4.72. The van der Waals surface area contributed by atoms with E-state index in [2.05, 4.69) is 15.6 Å². The van der Waals surface area contributed by atoms with Crippen molar-refractivity contribution in [3.05, 3.63) is 59.3 Å². The van der Waals surface area contributed by atoms with Crippen LogP contribution in [0.5, 0.6) is 0 Å². The lowest BCUT2D eigenvalue weighted by Crippen LogP contribution is -2.22. The minimum Gasteiger partial charge on any atom is -0.443 e. The Morgan fingerprint density at radius 2 is 2.00 bits per heavy atom. The molecule has 24 heavy (non-hydrogen) atoms. The van der Waals surface area contributed by atoms with Crippen molar-refractivity contribution in [1.82, 2.24) is 10.3 Å². The Hall–Kier alpha value is -2.93. The molecule has 3 aromatic rings. The number of nitrogens with zero attached hydrogens (tertiary/aromatic N) is 1. The van der Waals surface area contributed by atoms with Crippen molar-refractivity contribution in [2.45, 2.75) is 13.5 Å². The maximum absolute atomic E-state index is 12.1. The summed E-state index contributed by atoms with van der Waals surface area (Å²) >= 11 is 1.54. The molecule has 0 fully saturated rings. The van der Waals surface area contributed by atoms with E-state index in [0.29, 0.717) is 22.8 Å². The summed E-state index contributed by atoms with van der Waals surface area (Å²) in [6, 6.07) is 10.5. The predicted molar refractivity (Wildman–Crippen MR) is 91.7 cm³/mol. The molecule has 1 aromatic carbocycles. The average molecular weight is 341 g/mol. The number of thiophene rings is 1. The minimum absolute atomic E-state index is 0.153. The number of hydrogen-bond acceptors (Lipinski definition) is 5. The van der Waals surface area contributed by atoms with Gasteiger partial charge < -0.3 is 15.1 Å². The van der Waals surface area contributed by atoms with Gasteiger partial charge >= 0.3 is 0 Å². The van der Waals surface area contributed by atoms with Crippen LogP contribution in [0.3, 0.4) is 0 Å². The zero-order chi connectivity index (χ0) is 16.9. The highest BCUT2D eigenvalue weighted by molar-refractivity contribution is 7.13. The summed E-state index contributed by atoms with van der Waals surface area (Å²) in [6.45, 7) is 1.71. The third kappa shape index (κ3) is 3.88. The van der Waals surface area contributed by atoms with Crippen LogP contribution in [0.4, 0.5) is 5.69 Å². The Labute approximate surface area is 142 Å². The van der Waals surface area contributed by atoms with Crippen LogP contribution in [0, 0.1) is 0 Å². The fraction of sp³-hybridized carbons (Fsp3) is 0.118. The van der Waals surface area contributed by atoms with Crippen molar-refractivity contribution in [2.24, 2.45) is 0 Å². The molecule has 0 saturated heterocycles. The number of carbonyl (C=O) groups excluding carboxylic acids is 2. The highest BCUT2D eigenvalue weighted by atomic mass is 32.1. The normalized spacial score (nSPS) is 10.4. The van der Waals surface area contributed by atoms with Gasteiger partial charge in [-0.25, -0.2) is 4.98 Å². The lowest BCUT2D eigenvalue weighted by Gasteiger charge is -2.05. The molecule has 2 N–H and O–H groups in total. The van der Waals surface area contributed by atoms with Crippen LogP contribution in [-0.2, 0) is 11.3 Å². The molecule has 2 heterocycles. The molecule has 7 heteroatoms. The van der Waals surface area contributed by atoms with Gasteiger partial charge in [0.05, 0.1) is 17.1 Å². The van der Waals surface area contributed by atoms with E-state index in [4.69, 9.17) is 4.42 Å². The number of benzene rings is 1. The number of carbonyl (C=O) groups is 2. The summed E-state index contributed by atoms with van der Waals surface area (Å²) in [4.78, 5) is 28.4. The van der Waals surface area contributed by atoms with Gasteiger partial charge in [-0.1, -0.05) is 6.07 Å². The molecule has 6 nitrogen and oxygen atoms in total. The highest BCUT2D eigenvalue weighted by Gasteiger charge is 2.10. The van der Waals surface area contributed by atoms with Crippen LogP contribution >= 0.6 is 11.3 Å². The molecule has 0 atom stereocenters. The number of amides is 2. The van der Waals surface area contributed by atoms with Crippen LogP contribution in [0.25, 0.3) is 10.8 Å². The molecule has 0 saturated carbocycles. The lowest BCUT2D eigenvalue weighted by atomic mass is 10.2. The summed E-state index contributed by atoms with van der Waals surface area (Å²) in [6.07, 6.45) is 1.54. The number of hydrogen-bond donors (Lipinski definition) is 2. The molecular formula is C17H15N3O3S. The molecule has 122 valence electrons. The maximum Gasteiger partial charge on any atom is 0.251 e. The van der Waals surface area contributed by atoms with E-state index in [9.17, 15) is 9.59 Å². The SMILES string of the molecule is CC(=O)Nc1ccc(C(=O)NCc2coc(-c3cccs3)n2)cc1. The first-order chi connectivity index (χ1) is 11.6. The fourth-order valence-electron chi connectivity index (χ4n) is 2.08. The second kappa shape index (κ2) is 7.10. The molecule has 0 aliphatic heterocycles. The van der Waals surface area contributed by atoms with E-state index in [1.807, 2.05) is 17.5 Å². The van der Waals surface area contributed by atoms with Crippen molar-refractivity contribution in [1.29, 1.82) is 0 Å². The average Bonchev–Trinajstić information content (AvgIpc) is 3.24. The summed E-state index contributed by atoms with van der Waals surface area (Å²) in [5, 5.41) is 7.39. The fourth-order valence-corrected chi connectivity index (χ4v) is 2.74. The molecule has 0 aliphatic rings. The third-order valence-corrected chi connectivity index (χ3v) is 4.04. The second-order valence-corrected chi connectivity index (χ2v) is 6.01. The van der Waals surface area contributed by atoms with E-state index in [1.54, 1.807) is 35.6 Å². The standard InChI is InChI=1S/C17H15N3O3S/c1-11(21)19-13-6-4-12(5-7-13)16(22)18-9-14-10-23-17(20-14)15-3-2-8-24-15/h2-8,10H,9H2,1H3,(H,18,22)(H,19,21). The van der Waals surface area contributed by atoms with Gasteiger partial charge in [0, 0.05) is 18.2 Å². The van der Waals surface area contributed by atoms with E-state index in [0.717, 1.165) is 4.88 Å². The smallest absolute Gasteiger partial charge is 0.251 e. The highest BCUT2D eigenvalue weighted by Crippen LogP contribution is 2.23. The zero-order valence-electron chi connectivity index (χ0n) is 12.9. The predicted octanol–water partition coefficient (Wildman–Crippen LogP) is 3.29. The molecule has 2 amide bonds. The van der Waals surface area contributed by atoms with Gasteiger partial charge in [-0.2, -0.15) is 0 Å². The molecular weight excluding hydrogens is 326 g/mol. The van der Waals surface area contributed by atoms with Gasteiger partial charge in [-0.3, -0.25) is 9.59 Å². The van der Waals surface area contributed by atoms with Crippen molar-refractivity contribution in [2.75, 3.05) is 5.32 Å². The van der Waals surface area contributed by atoms with Crippen molar-refractivity contribution in [3.8, 4) is 10.8 Å². The van der Waals surface area contributed by atoms with E-state index < -0.39 is 0 Å². The minimum atomic E-state index is -0.218. The number of oxazole rings is 1. The first kappa shape index (κ1) is 15.9. The number of aromatic nitrogens is 1. The van der Waals surface area contributed by atoms with E-state index >= 15 is 0 Å². The van der Waals surface area contributed by atoms with Crippen LogP contribution in [0.15, 0.2) is 52.5 Å². The second-order valence-electron chi connectivity index (χ2n) is 5.06. The molecule has 0 aliphatic carbocycles. The number of rotatable bonds is 5. The molecule has 0 spiro atoms. The summed E-state index contributed by atoms with van der Waals surface area (Å²) < 4.78 is 5.41. The van der Waals surface area contributed by atoms with Gasteiger partial charge in [0.2, 0.25) is 11.8 Å². The van der Waals surface area contributed by atoms with E-state index in [1.165, 1.54) is 13.2 Å². The summed E-state index contributed by atoms with van der Waals surface area (Å²) in [5.41, 5.74) is 1.81. The summed E-state index contributed by atoms with van der Waals surface area (Å²) in [7, 11) is 0. The van der Waals surface area contributed by atoms with Crippen LogP contribution < -0.4 is 10.6 Å². The van der Waals surface area contributed by atoms with Crippen LogP contribution in [-0.4, -0.2) is 16.8 Å². The van der Waals surface area contributed by atoms with Gasteiger partial charge in [-0.05, 0) is 35.7 Å². The third-order valence-electron chi connectivity index (χ3n) is 3.18. The lowest BCUT2D eigenvalue weighted by molar-refractivity contribution is -0.114. The van der Waals surface area contributed by atoms with Crippen LogP contribution in [0.1, 0.15) is 23.0 Å². The molecule has 0 bridgehead atoms. The first-order valence-electron chi connectivity index (χ1n) is 7.26. The van der Waals surface area contributed by atoms with E-state index in [-0.39, 0.29) is 18.4 Å². The Morgan fingerprint density at radius 1 is 1.21 bits per heavy atom. The Morgan fingerprint density at radius 3 is 2.67 bits per heavy atom. The van der Waals surface area contributed by atoms with Crippen LogP contribution in [0.2, 0.25) is 0 Å². The summed E-state index contributed by atoms with van der Waals surface area (Å²) in [5.74, 6) is 0.179. The number of nitrogens with one attached hydrogen (secondary N) is 2. The quantitative estimate of drug-likeness (QED) is 0.746. The molecule has 0 unspecified atom stereocenters. The van der Waals surface area contributed by atoms with Gasteiger partial charge in [0.25, 0.3) is 5.91 Å². The first-order valence-corrected chi connectivity index (χ1v) is 8.14. The van der Waals surface area contributed by atoms with Crippen molar-refractivity contribution >= 4 is 28.8 Å². The van der Waals surface area contributed by atoms with Crippen molar-refractivity contribution < 1.29 is 14.0 Å². The monoisotopic (exact) mass is 341 g/mol. The van der Waals surface area contributed by atoms with Crippen molar-refractivity contribution in [3.63, 3.8) is 0 Å². The van der Waals surface area contributed by atoms with Gasteiger partial charge in [0.15, 0.2) is 0 Å². The largest absolute Gasteiger partial charge is 0.443 e. The zero-order valence-corrected chi connectivity index (χ0v) is 13.7. The number of anilines is 1. The molecule has 0 radical (unpaired) electrons. The Bertz CT molecular complexity index is 838. The maximum atomic E-state index is 12.1. The topological polar surface area (TPSA) is 84.2 Å². The molecule has 2 aromatic heterocycles. The van der Waals surface area contributed by atoms with Gasteiger partial charge in [-0.15, -0.1) is 11.3 Å². The van der Waals surface area contributed by atoms with Gasteiger partial charge in [0.1, 0.15) is 6.26 Å². The molecule has 3 rings (SSSR count).